The second-order valence-corrected chi connectivity index (χ2v) is 12.7. The molecule has 0 N–H and O–H groups in total. The van der Waals surface area contributed by atoms with Crippen LogP contribution >= 0.6 is 67.8 Å². The number of hydrogen-bond acceptors (Lipinski definition) is 3. The molecule has 0 heterocycles. The predicted octanol–water partition coefficient (Wildman–Crippen LogP) is 8.95. The highest BCUT2D eigenvalue weighted by atomic mass is 127. The number of fused-ring (bicyclic) bond motifs is 3. The minimum Gasteiger partial charge on any atom is -0.492 e. The molecule has 1 aliphatic carbocycles. The van der Waals surface area contributed by atoms with Crippen molar-refractivity contribution in [3.63, 3.8) is 0 Å². The Balaban J connectivity index is 1.87. The van der Waals surface area contributed by atoms with Crippen molar-refractivity contribution >= 4 is 67.8 Å². The normalized spacial score (nSPS) is 12.5. The van der Waals surface area contributed by atoms with E-state index in [2.05, 4.69) is 125 Å². The molecule has 3 nitrogen and oxygen atoms in total. The SMILES string of the molecule is CCCOc1cc2c(cc1I)Cc1cc(OCCC)c(I)cc1Cc1cc(OCCC)c(I)cc1C2. The van der Waals surface area contributed by atoms with Gasteiger partial charge in [0, 0.05) is 0 Å². The summed E-state index contributed by atoms with van der Waals surface area (Å²) in [4.78, 5) is 0. The van der Waals surface area contributed by atoms with Crippen LogP contribution in [0.1, 0.15) is 73.4 Å². The monoisotopic (exact) mass is 822 g/mol. The highest BCUT2D eigenvalue weighted by molar-refractivity contribution is 14.1. The van der Waals surface area contributed by atoms with E-state index in [1.807, 2.05) is 0 Å². The Hall–Kier alpha value is -0.750. The first-order valence-electron chi connectivity index (χ1n) is 12.8. The highest BCUT2D eigenvalue weighted by Gasteiger charge is 2.20. The predicted molar refractivity (Wildman–Crippen MR) is 173 cm³/mol. The Morgan fingerprint density at radius 1 is 0.472 bits per heavy atom. The van der Waals surface area contributed by atoms with Crippen molar-refractivity contribution in [2.45, 2.75) is 59.3 Å². The van der Waals surface area contributed by atoms with E-state index in [0.29, 0.717) is 0 Å². The number of rotatable bonds is 9. The number of halogens is 3. The molecule has 0 amide bonds. The molecule has 0 aliphatic heterocycles. The molecule has 6 heteroatoms. The molecule has 0 fully saturated rings. The zero-order valence-corrected chi connectivity index (χ0v) is 27.7. The molecule has 0 bridgehead atoms. The lowest BCUT2D eigenvalue weighted by molar-refractivity contribution is 0.314. The summed E-state index contributed by atoms with van der Waals surface area (Å²) < 4.78 is 21.9. The lowest BCUT2D eigenvalue weighted by Crippen LogP contribution is -2.04. The molecule has 0 aromatic heterocycles. The van der Waals surface area contributed by atoms with Crippen molar-refractivity contribution in [1.29, 1.82) is 0 Å². The largest absolute Gasteiger partial charge is 0.492 e. The van der Waals surface area contributed by atoms with Crippen molar-refractivity contribution in [2.75, 3.05) is 19.8 Å². The summed E-state index contributed by atoms with van der Waals surface area (Å²) in [6.07, 6.45) is 5.67. The first kappa shape index (κ1) is 28.3. The molecular formula is C30H33I3O3. The van der Waals surface area contributed by atoms with Crippen molar-refractivity contribution in [3.8, 4) is 17.2 Å². The number of ether oxygens (including phenoxy) is 3. The fourth-order valence-electron chi connectivity index (χ4n) is 4.48. The van der Waals surface area contributed by atoms with Gasteiger partial charge in [-0.3, -0.25) is 0 Å². The van der Waals surface area contributed by atoms with Gasteiger partial charge < -0.3 is 14.2 Å². The van der Waals surface area contributed by atoms with E-state index >= 15 is 0 Å². The first-order valence-corrected chi connectivity index (χ1v) is 16.0. The van der Waals surface area contributed by atoms with Crippen molar-refractivity contribution < 1.29 is 14.2 Å². The van der Waals surface area contributed by atoms with Crippen LogP contribution in [0.25, 0.3) is 0 Å². The Bertz CT molecular complexity index is 1070. The van der Waals surface area contributed by atoms with Gasteiger partial charge in [-0.05, 0) is 176 Å². The van der Waals surface area contributed by atoms with Crippen LogP contribution in [-0.4, -0.2) is 19.8 Å². The van der Waals surface area contributed by atoms with E-state index in [1.54, 1.807) is 0 Å². The van der Waals surface area contributed by atoms with Crippen molar-refractivity contribution in [2.24, 2.45) is 0 Å². The maximum absolute atomic E-state index is 6.13. The molecule has 36 heavy (non-hydrogen) atoms. The van der Waals surface area contributed by atoms with Gasteiger partial charge in [0.05, 0.1) is 30.5 Å². The van der Waals surface area contributed by atoms with E-state index in [-0.39, 0.29) is 0 Å². The Labute approximate surface area is 256 Å². The third-order valence-corrected chi connectivity index (χ3v) is 8.82. The van der Waals surface area contributed by atoms with Gasteiger partial charge in [0.25, 0.3) is 0 Å². The molecule has 0 spiro atoms. The van der Waals surface area contributed by atoms with Crippen LogP contribution in [0.15, 0.2) is 36.4 Å². The van der Waals surface area contributed by atoms with Gasteiger partial charge in [-0.15, -0.1) is 0 Å². The lowest BCUT2D eigenvalue weighted by atomic mass is 9.95. The van der Waals surface area contributed by atoms with Gasteiger partial charge in [0.15, 0.2) is 0 Å². The molecule has 0 saturated heterocycles. The zero-order chi connectivity index (χ0) is 25.7. The average Bonchev–Trinajstić information content (AvgIpc) is 2.90. The summed E-state index contributed by atoms with van der Waals surface area (Å²) >= 11 is 7.27. The minimum absolute atomic E-state index is 0.737. The summed E-state index contributed by atoms with van der Waals surface area (Å²) in [6, 6.07) is 13.8. The molecule has 192 valence electrons. The van der Waals surface area contributed by atoms with Gasteiger partial charge in [-0.1, -0.05) is 20.8 Å². The lowest BCUT2D eigenvalue weighted by Gasteiger charge is -2.16. The third-order valence-electron chi connectivity index (χ3n) is 6.29. The second kappa shape index (κ2) is 13.4. The standard InChI is InChI=1S/C30H33I3O3/c1-4-7-34-28-16-22-10-20-14-26(32)30(36-9-6-3)18-24(20)12-21-15-27(33)29(35-8-5-2)17-23(21)11-19(22)13-25(28)31/h13-18H,4-12H2,1-3H3. The van der Waals surface area contributed by atoms with Crippen LogP contribution in [0.4, 0.5) is 0 Å². The molecular weight excluding hydrogens is 789 g/mol. The van der Waals surface area contributed by atoms with Crippen LogP contribution in [0, 0.1) is 10.7 Å². The van der Waals surface area contributed by atoms with Crippen molar-refractivity contribution in [1.82, 2.24) is 0 Å². The van der Waals surface area contributed by atoms with Gasteiger partial charge in [-0.2, -0.15) is 0 Å². The van der Waals surface area contributed by atoms with E-state index in [0.717, 1.165) is 75.6 Å². The summed E-state index contributed by atoms with van der Waals surface area (Å²) in [5.41, 5.74) is 8.10. The zero-order valence-electron chi connectivity index (χ0n) is 21.2. The topological polar surface area (TPSA) is 27.7 Å². The molecule has 0 saturated carbocycles. The molecule has 1 aliphatic rings. The van der Waals surface area contributed by atoms with Crippen LogP contribution in [0.3, 0.4) is 0 Å². The fourth-order valence-corrected chi connectivity index (χ4v) is 6.54. The highest BCUT2D eigenvalue weighted by Crippen LogP contribution is 2.37. The molecule has 0 unspecified atom stereocenters. The minimum atomic E-state index is 0.737. The Kier molecular flexibility index (Phi) is 10.5. The Morgan fingerprint density at radius 3 is 0.972 bits per heavy atom. The molecule has 3 aromatic carbocycles. The van der Waals surface area contributed by atoms with Crippen LogP contribution in [0.5, 0.6) is 17.2 Å². The van der Waals surface area contributed by atoms with E-state index in [4.69, 9.17) is 14.2 Å². The molecule has 3 aromatic rings. The molecule has 4 rings (SSSR count). The van der Waals surface area contributed by atoms with Crippen LogP contribution in [0.2, 0.25) is 0 Å². The van der Waals surface area contributed by atoms with Crippen molar-refractivity contribution in [3.05, 3.63) is 80.5 Å². The van der Waals surface area contributed by atoms with Gasteiger partial charge in [0.2, 0.25) is 0 Å². The van der Waals surface area contributed by atoms with Gasteiger partial charge in [0.1, 0.15) is 17.2 Å². The molecule has 0 radical (unpaired) electrons. The summed E-state index contributed by atoms with van der Waals surface area (Å²) in [6.45, 7) is 8.66. The fraction of sp³-hybridized carbons (Fsp3) is 0.400. The quantitative estimate of drug-likeness (QED) is 0.158. The number of benzene rings is 3. The summed E-state index contributed by atoms with van der Waals surface area (Å²) in [5.74, 6) is 2.97. The van der Waals surface area contributed by atoms with E-state index in [9.17, 15) is 0 Å². The summed E-state index contributed by atoms with van der Waals surface area (Å²) in [5, 5.41) is 0. The van der Waals surface area contributed by atoms with Crippen LogP contribution < -0.4 is 14.2 Å². The van der Waals surface area contributed by atoms with Gasteiger partial charge in [-0.25, -0.2) is 0 Å². The smallest absolute Gasteiger partial charge is 0.132 e. The van der Waals surface area contributed by atoms with E-state index < -0.39 is 0 Å². The number of hydrogen-bond donors (Lipinski definition) is 0. The Morgan fingerprint density at radius 2 is 0.722 bits per heavy atom. The first-order chi connectivity index (χ1) is 17.4. The van der Waals surface area contributed by atoms with E-state index in [1.165, 1.54) is 44.1 Å². The summed E-state index contributed by atoms with van der Waals surface area (Å²) in [7, 11) is 0. The molecule has 0 atom stereocenters. The maximum atomic E-state index is 6.13. The van der Waals surface area contributed by atoms with Crippen LogP contribution in [-0.2, 0) is 19.3 Å². The average molecular weight is 822 g/mol. The second-order valence-electron chi connectivity index (χ2n) is 9.23. The third kappa shape index (κ3) is 6.81. The maximum Gasteiger partial charge on any atom is 0.132 e. The van der Waals surface area contributed by atoms with Gasteiger partial charge >= 0.3 is 0 Å².